The SMILES string of the molecule is NC(=NCc1ccc(Cl)s1)NCCc1cccs1. The molecule has 0 saturated heterocycles. The summed E-state index contributed by atoms with van der Waals surface area (Å²) in [6, 6.07) is 8.01. The summed E-state index contributed by atoms with van der Waals surface area (Å²) in [5.74, 6) is 0.482. The fraction of sp³-hybridized carbons (Fsp3) is 0.250. The lowest BCUT2D eigenvalue weighted by Crippen LogP contribution is -2.33. The minimum absolute atomic E-state index is 0.482. The van der Waals surface area contributed by atoms with Crippen LogP contribution in [-0.2, 0) is 13.0 Å². The van der Waals surface area contributed by atoms with Gasteiger partial charge >= 0.3 is 0 Å². The van der Waals surface area contributed by atoms with Crippen molar-refractivity contribution in [2.45, 2.75) is 13.0 Å². The average molecular weight is 300 g/mol. The Balaban J connectivity index is 1.72. The topological polar surface area (TPSA) is 50.4 Å². The molecule has 0 aromatic carbocycles. The van der Waals surface area contributed by atoms with Gasteiger partial charge in [-0.25, -0.2) is 4.99 Å². The molecule has 3 nitrogen and oxygen atoms in total. The van der Waals surface area contributed by atoms with E-state index >= 15 is 0 Å². The van der Waals surface area contributed by atoms with Crippen molar-refractivity contribution in [2.24, 2.45) is 10.7 Å². The van der Waals surface area contributed by atoms with Crippen LogP contribution in [0.25, 0.3) is 0 Å². The van der Waals surface area contributed by atoms with Gasteiger partial charge in [0.15, 0.2) is 5.96 Å². The summed E-state index contributed by atoms with van der Waals surface area (Å²) in [7, 11) is 0. The van der Waals surface area contributed by atoms with Gasteiger partial charge in [-0.15, -0.1) is 22.7 Å². The first-order valence-corrected chi connectivity index (χ1v) is 7.62. The molecule has 0 fully saturated rings. The van der Waals surface area contributed by atoms with Crippen molar-refractivity contribution in [1.29, 1.82) is 0 Å². The summed E-state index contributed by atoms with van der Waals surface area (Å²) >= 11 is 9.12. The Labute approximate surface area is 119 Å². The second kappa shape index (κ2) is 6.78. The van der Waals surface area contributed by atoms with Crippen molar-refractivity contribution in [3.8, 4) is 0 Å². The molecule has 2 aromatic rings. The first kappa shape index (κ1) is 13.4. The van der Waals surface area contributed by atoms with Crippen LogP contribution in [0.1, 0.15) is 9.75 Å². The molecule has 0 saturated carbocycles. The molecule has 0 aliphatic rings. The maximum atomic E-state index is 5.84. The number of halogens is 1. The highest BCUT2D eigenvalue weighted by Crippen LogP contribution is 2.21. The maximum Gasteiger partial charge on any atom is 0.188 e. The van der Waals surface area contributed by atoms with Gasteiger partial charge in [-0.05, 0) is 30.0 Å². The minimum atomic E-state index is 0.482. The zero-order chi connectivity index (χ0) is 12.8. The lowest BCUT2D eigenvalue weighted by atomic mass is 10.3. The molecular weight excluding hydrogens is 286 g/mol. The minimum Gasteiger partial charge on any atom is -0.370 e. The predicted octanol–water partition coefficient (Wildman–Crippen LogP) is 3.11. The van der Waals surface area contributed by atoms with Gasteiger partial charge in [0.1, 0.15) is 0 Å². The zero-order valence-electron chi connectivity index (χ0n) is 9.73. The normalized spacial score (nSPS) is 11.7. The van der Waals surface area contributed by atoms with E-state index in [1.54, 1.807) is 11.3 Å². The number of nitrogens with one attached hydrogen (secondary N) is 1. The van der Waals surface area contributed by atoms with E-state index in [2.05, 4.69) is 27.8 Å². The van der Waals surface area contributed by atoms with Crippen LogP contribution in [0.2, 0.25) is 4.34 Å². The van der Waals surface area contributed by atoms with Crippen LogP contribution in [0.5, 0.6) is 0 Å². The number of guanidine groups is 1. The number of nitrogens with two attached hydrogens (primary N) is 1. The Morgan fingerprint density at radius 1 is 1.33 bits per heavy atom. The van der Waals surface area contributed by atoms with Gasteiger partial charge in [0.2, 0.25) is 0 Å². The molecule has 6 heteroatoms. The molecule has 2 aromatic heterocycles. The van der Waals surface area contributed by atoms with E-state index in [1.807, 2.05) is 12.1 Å². The highest BCUT2D eigenvalue weighted by atomic mass is 35.5. The van der Waals surface area contributed by atoms with Gasteiger partial charge in [-0.3, -0.25) is 0 Å². The molecule has 2 heterocycles. The molecule has 0 bridgehead atoms. The maximum absolute atomic E-state index is 5.84. The Morgan fingerprint density at radius 3 is 2.89 bits per heavy atom. The summed E-state index contributed by atoms with van der Waals surface area (Å²) in [5.41, 5.74) is 5.78. The van der Waals surface area contributed by atoms with Crippen molar-refractivity contribution in [2.75, 3.05) is 6.54 Å². The first-order valence-electron chi connectivity index (χ1n) is 5.54. The van der Waals surface area contributed by atoms with Gasteiger partial charge in [0.25, 0.3) is 0 Å². The number of thiophene rings is 2. The van der Waals surface area contributed by atoms with E-state index in [0.717, 1.165) is 22.2 Å². The van der Waals surface area contributed by atoms with Crippen LogP contribution in [0.15, 0.2) is 34.6 Å². The smallest absolute Gasteiger partial charge is 0.188 e. The first-order chi connectivity index (χ1) is 8.74. The van der Waals surface area contributed by atoms with Crippen molar-refractivity contribution in [3.63, 3.8) is 0 Å². The molecule has 0 unspecified atom stereocenters. The zero-order valence-corrected chi connectivity index (χ0v) is 12.1. The van der Waals surface area contributed by atoms with E-state index in [-0.39, 0.29) is 0 Å². The molecule has 0 aliphatic heterocycles. The Hall–Kier alpha value is -1.04. The van der Waals surface area contributed by atoms with Gasteiger partial charge < -0.3 is 11.1 Å². The van der Waals surface area contributed by atoms with E-state index in [4.69, 9.17) is 17.3 Å². The standard InChI is InChI=1S/C12H14ClN3S2/c13-11-4-3-10(18-11)8-16-12(14)15-6-5-9-2-1-7-17-9/h1-4,7H,5-6,8H2,(H3,14,15,16). The summed E-state index contributed by atoms with van der Waals surface area (Å²) in [5, 5.41) is 5.18. The van der Waals surface area contributed by atoms with Gasteiger partial charge in [-0.1, -0.05) is 17.7 Å². The van der Waals surface area contributed by atoms with Crippen LogP contribution in [0.3, 0.4) is 0 Å². The molecule has 0 atom stereocenters. The number of hydrogen-bond acceptors (Lipinski definition) is 3. The molecular formula is C12H14ClN3S2. The van der Waals surface area contributed by atoms with Gasteiger partial charge in [0, 0.05) is 16.3 Å². The molecule has 3 N–H and O–H groups in total. The second-order valence-corrected chi connectivity index (χ2v) is 6.50. The lowest BCUT2D eigenvalue weighted by molar-refractivity contribution is 0.858. The van der Waals surface area contributed by atoms with E-state index < -0.39 is 0 Å². The number of nitrogens with zero attached hydrogens (tertiary/aromatic N) is 1. The fourth-order valence-electron chi connectivity index (χ4n) is 1.42. The summed E-state index contributed by atoms with van der Waals surface area (Å²) < 4.78 is 0.782. The number of rotatable bonds is 5. The second-order valence-electron chi connectivity index (χ2n) is 3.66. The highest BCUT2D eigenvalue weighted by Gasteiger charge is 1.98. The predicted molar refractivity (Wildman–Crippen MR) is 80.7 cm³/mol. The average Bonchev–Trinajstić information content (AvgIpc) is 2.98. The quantitative estimate of drug-likeness (QED) is 0.658. The molecule has 96 valence electrons. The van der Waals surface area contributed by atoms with Crippen LogP contribution >= 0.6 is 34.3 Å². The van der Waals surface area contributed by atoms with Crippen LogP contribution in [-0.4, -0.2) is 12.5 Å². The van der Waals surface area contributed by atoms with Gasteiger partial charge in [0.05, 0.1) is 10.9 Å². The van der Waals surface area contributed by atoms with Crippen molar-refractivity contribution in [1.82, 2.24) is 5.32 Å². The fourth-order valence-corrected chi connectivity index (χ4v) is 3.15. The monoisotopic (exact) mass is 299 g/mol. The molecule has 0 spiro atoms. The Kier molecular flexibility index (Phi) is 5.04. The summed E-state index contributed by atoms with van der Waals surface area (Å²) in [6.45, 7) is 1.39. The molecule has 0 radical (unpaired) electrons. The molecule has 0 amide bonds. The summed E-state index contributed by atoms with van der Waals surface area (Å²) in [4.78, 5) is 6.73. The third-order valence-corrected chi connectivity index (χ3v) is 4.44. The Bertz CT molecular complexity index is 505. The molecule has 2 rings (SSSR count). The van der Waals surface area contributed by atoms with Gasteiger partial charge in [-0.2, -0.15) is 0 Å². The molecule has 0 aliphatic carbocycles. The molecule has 18 heavy (non-hydrogen) atoms. The van der Waals surface area contributed by atoms with E-state index in [9.17, 15) is 0 Å². The van der Waals surface area contributed by atoms with Crippen molar-refractivity contribution in [3.05, 3.63) is 43.7 Å². The van der Waals surface area contributed by atoms with Crippen LogP contribution in [0, 0.1) is 0 Å². The van der Waals surface area contributed by atoms with Crippen LogP contribution in [0.4, 0.5) is 0 Å². The third kappa shape index (κ3) is 4.33. The number of aliphatic imine (C=N–C) groups is 1. The van der Waals surface area contributed by atoms with Crippen molar-refractivity contribution >= 4 is 40.2 Å². The van der Waals surface area contributed by atoms with Crippen molar-refractivity contribution < 1.29 is 0 Å². The highest BCUT2D eigenvalue weighted by molar-refractivity contribution is 7.16. The Morgan fingerprint density at radius 2 is 2.22 bits per heavy atom. The largest absolute Gasteiger partial charge is 0.370 e. The third-order valence-electron chi connectivity index (χ3n) is 2.29. The van der Waals surface area contributed by atoms with E-state index in [0.29, 0.717) is 12.5 Å². The number of hydrogen-bond donors (Lipinski definition) is 2. The van der Waals surface area contributed by atoms with Crippen LogP contribution < -0.4 is 11.1 Å². The van der Waals surface area contributed by atoms with E-state index in [1.165, 1.54) is 16.2 Å². The summed E-state index contributed by atoms with van der Waals surface area (Å²) in [6.07, 6.45) is 0.971. The lowest BCUT2D eigenvalue weighted by Gasteiger charge is -2.03.